The van der Waals surface area contributed by atoms with Crippen molar-refractivity contribution in [3.05, 3.63) is 23.5 Å². The van der Waals surface area contributed by atoms with Crippen LogP contribution in [-0.4, -0.2) is 36.2 Å². The van der Waals surface area contributed by atoms with E-state index in [4.69, 9.17) is 10.5 Å². The molecule has 2 aliphatic heterocycles. The summed E-state index contributed by atoms with van der Waals surface area (Å²) in [4.78, 5) is 14.1. The first kappa shape index (κ1) is 17.9. The highest BCUT2D eigenvalue weighted by atomic mass is 35.5. The van der Waals surface area contributed by atoms with Crippen LogP contribution in [0.2, 0.25) is 0 Å². The van der Waals surface area contributed by atoms with Crippen LogP contribution in [-0.2, 0) is 4.74 Å². The molecule has 0 saturated carbocycles. The summed E-state index contributed by atoms with van der Waals surface area (Å²) >= 11 is 0. The maximum Gasteiger partial charge on any atom is 0.414 e. The van der Waals surface area contributed by atoms with Gasteiger partial charge in [-0.3, -0.25) is 4.90 Å². The molecule has 120 valence electrons. The minimum Gasteiger partial charge on any atom is -0.443 e. The van der Waals surface area contributed by atoms with Crippen molar-refractivity contribution in [1.29, 1.82) is 0 Å². The molecule has 2 heterocycles. The molecule has 0 radical (unpaired) electrons. The van der Waals surface area contributed by atoms with Crippen molar-refractivity contribution in [1.82, 2.24) is 10.2 Å². The van der Waals surface area contributed by atoms with Gasteiger partial charge in [-0.1, -0.05) is 0 Å². The number of nitrogens with two attached hydrogens (primary N) is 1. The third-order valence-electron chi connectivity index (χ3n) is 3.49. The number of hydrogen-bond acceptors (Lipinski definition) is 4. The number of piperidine rings is 1. The molecule has 0 aromatic heterocycles. The van der Waals surface area contributed by atoms with E-state index in [2.05, 4.69) is 5.32 Å². The van der Waals surface area contributed by atoms with Crippen LogP contribution >= 0.6 is 12.4 Å². The van der Waals surface area contributed by atoms with Gasteiger partial charge in [-0.15, -0.1) is 12.4 Å². The Labute approximate surface area is 133 Å². The van der Waals surface area contributed by atoms with Crippen LogP contribution in [0.5, 0.6) is 0 Å². The summed E-state index contributed by atoms with van der Waals surface area (Å²) in [6.45, 7) is 8.03. The predicted molar refractivity (Wildman–Crippen MR) is 86.1 cm³/mol. The smallest absolute Gasteiger partial charge is 0.414 e. The van der Waals surface area contributed by atoms with E-state index in [-0.39, 0.29) is 18.5 Å². The molecule has 5 nitrogen and oxygen atoms in total. The topological polar surface area (TPSA) is 67.6 Å². The molecule has 1 fully saturated rings. The van der Waals surface area contributed by atoms with E-state index < -0.39 is 5.60 Å². The first-order valence-electron chi connectivity index (χ1n) is 7.24. The SMILES string of the molecule is CC(C)(C)OC(=O)N1CC(N)=CC=C1C1CCNCC1.Cl. The Balaban J connectivity index is 0.00000220. The van der Waals surface area contributed by atoms with Crippen molar-refractivity contribution >= 4 is 18.5 Å². The molecule has 2 aliphatic rings. The Morgan fingerprint density at radius 3 is 2.52 bits per heavy atom. The molecule has 21 heavy (non-hydrogen) atoms. The van der Waals surface area contributed by atoms with E-state index in [9.17, 15) is 4.79 Å². The Morgan fingerprint density at radius 1 is 1.33 bits per heavy atom. The number of ether oxygens (including phenoxy) is 1. The zero-order valence-corrected chi connectivity index (χ0v) is 13.8. The largest absolute Gasteiger partial charge is 0.443 e. The molecule has 1 saturated heterocycles. The molecule has 0 aromatic carbocycles. The van der Waals surface area contributed by atoms with Crippen LogP contribution in [0.4, 0.5) is 4.79 Å². The van der Waals surface area contributed by atoms with Gasteiger partial charge in [0, 0.05) is 17.3 Å². The van der Waals surface area contributed by atoms with Crippen molar-refractivity contribution < 1.29 is 9.53 Å². The van der Waals surface area contributed by atoms with Gasteiger partial charge in [0.15, 0.2) is 0 Å². The van der Waals surface area contributed by atoms with Crippen molar-refractivity contribution in [2.24, 2.45) is 11.7 Å². The molecular weight excluding hydrogens is 290 g/mol. The normalized spacial score (nSPS) is 20.2. The summed E-state index contributed by atoms with van der Waals surface area (Å²) in [5.41, 5.74) is 7.10. The average molecular weight is 316 g/mol. The number of nitrogens with one attached hydrogen (secondary N) is 1. The number of nitrogens with zero attached hydrogens (tertiary/aromatic N) is 1. The number of rotatable bonds is 1. The minimum atomic E-state index is -0.494. The van der Waals surface area contributed by atoms with Crippen LogP contribution in [0, 0.1) is 5.92 Å². The minimum absolute atomic E-state index is 0. The molecule has 0 aliphatic carbocycles. The lowest BCUT2D eigenvalue weighted by atomic mass is 9.92. The van der Waals surface area contributed by atoms with E-state index in [1.807, 2.05) is 32.9 Å². The summed E-state index contributed by atoms with van der Waals surface area (Å²) in [7, 11) is 0. The Bertz CT molecular complexity index is 435. The van der Waals surface area contributed by atoms with Gasteiger partial charge in [0.1, 0.15) is 5.60 Å². The molecule has 2 rings (SSSR count). The number of carbonyl (C=O) groups excluding carboxylic acids is 1. The van der Waals surface area contributed by atoms with Crippen molar-refractivity contribution in [3.63, 3.8) is 0 Å². The molecule has 0 aromatic rings. The molecule has 0 unspecified atom stereocenters. The summed E-state index contributed by atoms with van der Waals surface area (Å²) in [5.74, 6) is 0.396. The summed E-state index contributed by atoms with van der Waals surface area (Å²) in [6.07, 6.45) is 5.65. The van der Waals surface area contributed by atoms with Gasteiger partial charge in [0.25, 0.3) is 0 Å². The first-order chi connectivity index (χ1) is 9.37. The van der Waals surface area contributed by atoms with Gasteiger partial charge in [-0.05, 0) is 58.9 Å². The third kappa shape index (κ3) is 4.93. The zero-order chi connectivity index (χ0) is 14.8. The van der Waals surface area contributed by atoms with Crippen LogP contribution < -0.4 is 11.1 Å². The molecule has 1 amide bonds. The Kier molecular flexibility index (Phi) is 6.10. The maximum absolute atomic E-state index is 12.4. The van der Waals surface area contributed by atoms with Gasteiger partial charge >= 0.3 is 6.09 Å². The number of allylic oxidation sites excluding steroid dienone is 3. The molecule has 0 spiro atoms. The lowest BCUT2D eigenvalue weighted by molar-refractivity contribution is 0.0300. The molecule has 3 N–H and O–H groups in total. The Hall–Kier alpha value is -1.20. The lowest BCUT2D eigenvalue weighted by Gasteiger charge is -2.35. The fourth-order valence-corrected chi connectivity index (χ4v) is 2.57. The van der Waals surface area contributed by atoms with Crippen LogP contribution in [0.1, 0.15) is 33.6 Å². The monoisotopic (exact) mass is 315 g/mol. The number of carbonyl (C=O) groups is 1. The second kappa shape index (κ2) is 7.18. The van der Waals surface area contributed by atoms with E-state index in [1.54, 1.807) is 4.90 Å². The summed E-state index contributed by atoms with van der Waals surface area (Å²) in [5, 5.41) is 3.34. The van der Waals surface area contributed by atoms with Crippen molar-refractivity contribution in [3.8, 4) is 0 Å². The standard InChI is InChI=1S/C15H25N3O2.ClH/c1-15(2,3)20-14(19)18-10-12(16)4-5-13(18)11-6-8-17-9-7-11;/h4-5,11,17H,6-10,16H2,1-3H3;1H. The molecule has 0 atom stereocenters. The van der Waals surface area contributed by atoms with Crippen molar-refractivity contribution in [2.45, 2.75) is 39.2 Å². The molecule has 0 bridgehead atoms. The number of hydrogen-bond donors (Lipinski definition) is 2. The van der Waals surface area contributed by atoms with Gasteiger partial charge in [-0.25, -0.2) is 4.79 Å². The van der Waals surface area contributed by atoms with Crippen LogP contribution in [0.15, 0.2) is 23.5 Å². The summed E-state index contributed by atoms with van der Waals surface area (Å²) < 4.78 is 5.49. The second-order valence-corrected chi connectivity index (χ2v) is 6.42. The fourth-order valence-electron chi connectivity index (χ4n) is 2.57. The fraction of sp³-hybridized carbons (Fsp3) is 0.667. The van der Waals surface area contributed by atoms with Crippen molar-refractivity contribution in [2.75, 3.05) is 19.6 Å². The number of amides is 1. The Morgan fingerprint density at radius 2 is 1.95 bits per heavy atom. The lowest BCUT2D eigenvalue weighted by Crippen LogP contribution is -2.43. The first-order valence-corrected chi connectivity index (χ1v) is 7.24. The number of halogens is 1. The predicted octanol–water partition coefficient (Wildman–Crippen LogP) is 2.39. The van der Waals surface area contributed by atoms with Gasteiger partial charge in [-0.2, -0.15) is 0 Å². The van der Waals surface area contributed by atoms with E-state index in [0.29, 0.717) is 18.2 Å². The van der Waals surface area contributed by atoms with E-state index >= 15 is 0 Å². The van der Waals surface area contributed by atoms with Gasteiger partial charge < -0.3 is 15.8 Å². The highest BCUT2D eigenvalue weighted by Crippen LogP contribution is 2.28. The quantitative estimate of drug-likeness (QED) is 0.779. The summed E-state index contributed by atoms with van der Waals surface area (Å²) in [6, 6.07) is 0. The highest BCUT2D eigenvalue weighted by molar-refractivity contribution is 5.85. The van der Waals surface area contributed by atoms with Gasteiger partial charge in [0.2, 0.25) is 0 Å². The average Bonchev–Trinajstić information content (AvgIpc) is 2.37. The maximum atomic E-state index is 12.4. The van der Waals surface area contributed by atoms with E-state index in [0.717, 1.165) is 31.6 Å². The van der Waals surface area contributed by atoms with Crippen LogP contribution in [0.3, 0.4) is 0 Å². The second-order valence-electron chi connectivity index (χ2n) is 6.42. The van der Waals surface area contributed by atoms with Crippen LogP contribution in [0.25, 0.3) is 0 Å². The highest BCUT2D eigenvalue weighted by Gasteiger charge is 2.31. The third-order valence-corrected chi connectivity index (χ3v) is 3.49. The molecular formula is C15H26ClN3O2. The molecule has 6 heteroatoms. The van der Waals surface area contributed by atoms with E-state index in [1.165, 1.54) is 0 Å². The van der Waals surface area contributed by atoms with Gasteiger partial charge in [0.05, 0.1) is 6.54 Å². The zero-order valence-electron chi connectivity index (χ0n) is 13.0.